The van der Waals surface area contributed by atoms with E-state index in [1.807, 2.05) is 108 Å². The summed E-state index contributed by atoms with van der Waals surface area (Å²) in [4.78, 5) is 122. The molecular formula is C82H91N9O16. The number of aliphatic hydroxyl groups is 1. The molecule has 1 aliphatic carbocycles. The molecule has 5 amide bonds. The van der Waals surface area contributed by atoms with E-state index in [-0.39, 0.29) is 116 Å². The van der Waals surface area contributed by atoms with E-state index in [0.717, 1.165) is 81.1 Å². The fourth-order valence-electron chi connectivity index (χ4n) is 15.0. The van der Waals surface area contributed by atoms with Gasteiger partial charge in [-0.2, -0.15) is 0 Å². The minimum Gasteiger partial charge on any atom is -0.497 e. The van der Waals surface area contributed by atoms with Crippen LogP contribution >= 0.6 is 0 Å². The van der Waals surface area contributed by atoms with Crippen LogP contribution in [0.5, 0.6) is 28.7 Å². The molecule has 560 valence electrons. The summed E-state index contributed by atoms with van der Waals surface area (Å²) < 4.78 is 37.3. The maximum Gasteiger partial charge on any atom is 0.416 e. The van der Waals surface area contributed by atoms with Gasteiger partial charge in [0.15, 0.2) is 40.8 Å². The third-order valence-electron chi connectivity index (χ3n) is 21.3. The van der Waals surface area contributed by atoms with E-state index < -0.39 is 59.8 Å². The minimum absolute atomic E-state index is 0.00687. The van der Waals surface area contributed by atoms with Gasteiger partial charge in [-0.15, -0.1) is 5.10 Å². The van der Waals surface area contributed by atoms with Crippen molar-refractivity contribution < 1.29 is 76.7 Å². The van der Waals surface area contributed by atoms with E-state index in [2.05, 4.69) is 20.9 Å². The Morgan fingerprint density at radius 2 is 1.38 bits per heavy atom. The fraction of sp³-hybridized carbons (Fsp3) is 0.415. The van der Waals surface area contributed by atoms with Crippen molar-refractivity contribution in [2.45, 2.75) is 149 Å². The molecule has 25 heteroatoms. The number of carbonyl (C=O) groups is 8. The predicted octanol–water partition coefficient (Wildman–Crippen LogP) is 11.2. The average molecular weight is 1460 g/mol. The molecule has 6 atom stereocenters. The molecule has 1 spiro atoms. The Morgan fingerprint density at radius 1 is 0.701 bits per heavy atom. The van der Waals surface area contributed by atoms with Crippen molar-refractivity contribution in [1.82, 2.24) is 35.4 Å². The Balaban J connectivity index is 0.586. The number of Topliss-reactive ketones (excluding diaryl/α,β-unsaturated/α-hetero) is 2. The number of aliphatic hydroxyl groups excluding tert-OH is 1. The molecule has 6 aliphatic rings. The van der Waals surface area contributed by atoms with E-state index >= 15 is 0 Å². The number of amides is 5. The number of benzene rings is 6. The number of hydrogen-bond acceptors (Lipinski definition) is 19. The first-order valence-electron chi connectivity index (χ1n) is 36.7. The van der Waals surface area contributed by atoms with Gasteiger partial charge >= 0.3 is 12.1 Å². The van der Waals surface area contributed by atoms with Crippen LogP contribution in [0.1, 0.15) is 147 Å². The second kappa shape index (κ2) is 31.5. The highest BCUT2D eigenvalue weighted by molar-refractivity contribution is 6.06. The maximum absolute atomic E-state index is 14.6. The zero-order valence-corrected chi connectivity index (χ0v) is 61.8. The van der Waals surface area contributed by atoms with Gasteiger partial charge in [-0.25, -0.2) is 24.2 Å². The Labute approximate surface area is 621 Å². The number of ketones is 2. The van der Waals surface area contributed by atoms with Gasteiger partial charge in [-0.3, -0.25) is 28.8 Å². The van der Waals surface area contributed by atoms with Gasteiger partial charge in [-0.1, -0.05) is 105 Å². The predicted molar refractivity (Wildman–Crippen MR) is 396 cm³/mol. The van der Waals surface area contributed by atoms with Gasteiger partial charge in [0.05, 0.1) is 88.8 Å². The Bertz CT molecular complexity index is 4600. The van der Waals surface area contributed by atoms with Crippen LogP contribution in [0.25, 0.3) is 28.1 Å². The van der Waals surface area contributed by atoms with Gasteiger partial charge in [0.1, 0.15) is 18.1 Å². The second-order valence-corrected chi connectivity index (χ2v) is 29.4. The molecular weight excluding hydrogens is 1370 g/mol. The molecule has 1 saturated carbocycles. The Morgan fingerprint density at radius 3 is 2.07 bits per heavy atom. The first-order valence-corrected chi connectivity index (χ1v) is 36.7. The molecule has 0 bridgehead atoms. The van der Waals surface area contributed by atoms with Crippen LogP contribution in [-0.2, 0) is 59.5 Å². The van der Waals surface area contributed by atoms with Crippen molar-refractivity contribution >= 4 is 64.2 Å². The lowest BCUT2D eigenvalue weighted by Crippen LogP contribution is -2.50. The molecule has 6 aromatic carbocycles. The number of hydroxylamine groups is 1. The minimum atomic E-state index is -1.48. The van der Waals surface area contributed by atoms with Gasteiger partial charge in [0.2, 0.25) is 11.8 Å². The van der Waals surface area contributed by atoms with Crippen LogP contribution in [0, 0.1) is 23.2 Å². The largest absolute Gasteiger partial charge is 0.497 e. The number of nitrogens with zero attached hydrogens (tertiary/aromatic N) is 7. The number of carbonyl (C=O) groups excluding carboxylic acids is 8. The highest BCUT2D eigenvalue weighted by Crippen LogP contribution is 2.57. The van der Waals surface area contributed by atoms with Gasteiger partial charge < -0.3 is 58.8 Å². The van der Waals surface area contributed by atoms with Crippen LogP contribution in [0.15, 0.2) is 128 Å². The summed E-state index contributed by atoms with van der Waals surface area (Å²) in [5.41, 5.74) is 9.39. The zero-order valence-electron chi connectivity index (χ0n) is 61.8. The first-order chi connectivity index (χ1) is 51.5. The second-order valence-electron chi connectivity index (χ2n) is 29.4. The lowest BCUT2D eigenvalue weighted by Gasteiger charge is -2.31. The molecule has 2 unspecified atom stereocenters. The number of aromatic nitrogens is 3. The van der Waals surface area contributed by atoms with Crippen molar-refractivity contribution in [2.75, 3.05) is 57.6 Å². The summed E-state index contributed by atoms with van der Waals surface area (Å²) in [7, 11) is 4.62. The van der Waals surface area contributed by atoms with Crippen molar-refractivity contribution in [3.05, 3.63) is 166 Å². The zero-order chi connectivity index (χ0) is 75.5. The quantitative estimate of drug-likeness (QED) is 0.0403. The summed E-state index contributed by atoms with van der Waals surface area (Å²) in [5.74, 6) is -2.79. The normalized spacial score (nSPS) is 18.1. The molecule has 107 heavy (non-hydrogen) atoms. The number of para-hydroxylation sites is 1. The fourth-order valence-corrected chi connectivity index (χ4v) is 15.0. The Hall–Kier alpha value is -11.1. The van der Waals surface area contributed by atoms with Crippen LogP contribution in [-0.4, -0.2) is 149 Å². The van der Waals surface area contributed by atoms with E-state index in [1.165, 1.54) is 31.4 Å². The molecule has 7 aromatic rings. The van der Waals surface area contributed by atoms with Crippen LogP contribution in [0.2, 0.25) is 0 Å². The first kappa shape index (κ1) is 74.2. The molecule has 3 N–H and O–H groups in total. The standard InChI is InChI=1S/C82H91N9O16/c1-47(2)62(37-58(92)42-83-76(95)49(5)33-73(94)107-89-44-55-15-10-11-16-60(55)74-75(91(48(3)4)86-85-74)61-17-12-13-18-65(61)89)77(96)84-50(6)68(93)34-51-19-21-52(22-20-51)45-106-81(100)90-66-40-72(70(103-9)39-64(66)79(98)88-46-82(29-30-82)41-67(88)80(90)99)105-32-14-31-104-71-36-54-23-26-57-35-56(53-24-27-59(101-7)28-25-53)43-87(57)78(97)63(54)38-69(71)102-8/h10-13,15-22,24-25,27-28,36,38-40,43,47-50,57,62,67,80,99H,14,23,26,29-35,37,41-42,44-46H2,1-9H3,(H,83,95)(H,84,96)/t49?,50-,57+,62-,67-,80?/m0/s1. The van der Waals surface area contributed by atoms with Crippen molar-refractivity contribution in [3.63, 3.8) is 0 Å². The van der Waals surface area contributed by atoms with Crippen LogP contribution < -0.4 is 44.3 Å². The number of nitrogens with one attached hydrogen (secondary N) is 2. The number of methoxy groups -OCH3 is 3. The maximum atomic E-state index is 14.6. The monoisotopic (exact) mass is 1460 g/mol. The number of aryl methyl sites for hydroxylation is 1. The van der Waals surface area contributed by atoms with E-state index in [1.54, 1.807) is 70.0 Å². The molecule has 13 rings (SSSR count). The number of anilines is 2. The molecule has 1 saturated heterocycles. The lowest BCUT2D eigenvalue weighted by molar-refractivity contribution is -0.148. The lowest BCUT2D eigenvalue weighted by atomic mass is 9.89. The number of fused-ring (bicyclic) bond motifs is 9. The third kappa shape index (κ3) is 15.8. The molecule has 5 aliphatic heterocycles. The van der Waals surface area contributed by atoms with Crippen LogP contribution in [0.4, 0.5) is 16.2 Å². The molecule has 6 heterocycles. The molecule has 2 fully saturated rings. The highest BCUT2D eigenvalue weighted by atomic mass is 16.7. The molecule has 0 radical (unpaired) electrons. The average Bonchev–Trinajstić information content (AvgIpc) is 1.60. The summed E-state index contributed by atoms with van der Waals surface area (Å²) in [6, 6.07) is 34.9. The summed E-state index contributed by atoms with van der Waals surface area (Å²) in [6.45, 7) is 11.1. The summed E-state index contributed by atoms with van der Waals surface area (Å²) in [6.07, 6.45) is 3.82. The number of ether oxygens (including phenoxy) is 6. The van der Waals surface area contributed by atoms with Crippen molar-refractivity contribution in [1.29, 1.82) is 0 Å². The molecule has 25 nitrogen and oxygen atoms in total. The van der Waals surface area contributed by atoms with E-state index in [9.17, 15) is 43.5 Å². The number of hydrogen-bond donors (Lipinski definition) is 3. The third-order valence-corrected chi connectivity index (χ3v) is 21.3. The summed E-state index contributed by atoms with van der Waals surface area (Å²) in [5, 5.41) is 28.2. The SMILES string of the molecule is COc1ccc(C2=CN3C(=O)c4cc(OC)c(OCCCOc5cc6c(cc5OC)C(=O)N5CC7(CC7)C[C@H]5C(O)N6C(=O)OCc5ccc(CC(=O)[C@H](C)NC(=O)[C@@H](CC(=O)CNC(=O)C(C)CC(=O)ON6Cc7ccccc7-c7nnn(C(C)C)c7-c7ccccc76)C(C)C)cc5)cc4CC[C@@H]3C2)cc1. The molecule has 1 aromatic heterocycles. The number of rotatable bonds is 27. The van der Waals surface area contributed by atoms with Crippen molar-refractivity contribution in [3.8, 4) is 51.3 Å². The Kier molecular flexibility index (Phi) is 21.9. The summed E-state index contributed by atoms with van der Waals surface area (Å²) >= 11 is 0. The topological polar surface area (TPSA) is 289 Å². The van der Waals surface area contributed by atoms with Crippen LogP contribution in [0.3, 0.4) is 0 Å². The van der Waals surface area contributed by atoms with Crippen molar-refractivity contribution in [2.24, 2.45) is 23.2 Å². The van der Waals surface area contributed by atoms with E-state index in [0.29, 0.717) is 59.7 Å². The smallest absolute Gasteiger partial charge is 0.416 e. The van der Waals surface area contributed by atoms with Gasteiger partial charge in [0.25, 0.3) is 11.8 Å². The van der Waals surface area contributed by atoms with Gasteiger partial charge in [-0.05, 0) is 140 Å². The van der Waals surface area contributed by atoms with Gasteiger partial charge in [0, 0.05) is 78.7 Å². The van der Waals surface area contributed by atoms with E-state index in [4.69, 9.17) is 33.3 Å². The highest BCUT2D eigenvalue weighted by Gasteiger charge is 2.58.